The van der Waals surface area contributed by atoms with Gasteiger partial charge in [-0.3, -0.25) is 4.79 Å². The van der Waals surface area contributed by atoms with E-state index >= 15 is 0 Å². The molecule has 2 aliphatic rings. The quantitative estimate of drug-likeness (QED) is 0.645. The molecule has 1 aliphatic heterocycles. The largest absolute Gasteiger partial charge is 0.475 e. The number of hydrogen-bond donors (Lipinski definition) is 1. The van der Waals surface area contributed by atoms with E-state index in [1.807, 2.05) is 13.8 Å². The molecule has 0 spiro atoms. The Labute approximate surface area is 167 Å². The molecule has 0 radical (unpaired) electrons. The minimum absolute atomic E-state index is 0.0572. The average molecular weight is 395 g/mol. The number of rotatable bonds is 9. The van der Waals surface area contributed by atoms with Crippen LogP contribution in [0.25, 0.3) is 0 Å². The Bertz CT molecular complexity index is 618. The number of carbonyl (C=O) groups excluding carboxylic acids is 1. The van der Waals surface area contributed by atoms with Crippen molar-refractivity contribution in [2.45, 2.75) is 57.9 Å². The van der Waals surface area contributed by atoms with Gasteiger partial charge in [0, 0.05) is 18.7 Å². The van der Waals surface area contributed by atoms with Crippen molar-refractivity contribution in [1.29, 1.82) is 0 Å². The number of aliphatic hydroxyl groups excluding tert-OH is 1. The summed E-state index contributed by atoms with van der Waals surface area (Å²) in [6.07, 6.45) is 5.71. The molecule has 0 aromatic carbocycles. The summed E-state index contributed by atoms with van der Waals surface area (Å²) in [5, 5.41) is 13.1. The van der Waals surface area contributed by atoms with Crippen LogP contribution >= 0.6 is 0 Å². The zero-order valence-corrected chi connectivity index (χ0v) is 17.3. The highest BCUT2D eigenvalue weighted by Crippen LogP contribution is 2.34. The molecule has 1 aliphatic carbocycles. The fraction of sp³-hybridized carbons (Fsp3) is 0.810. The van der Waals surface area contributed by atoms with Crippen LogP contribution in [0.5, 0.6) is 5.88 Å². The van der Waals surface area contributed by atoms with Gasteiger partial charge in [0.1, 0.15) is 5.92 Å². The topological polar surface area (TPSA) is 85.0 Å². The van der Waals surface area contributed by atoms with Gasteiger partial charge in [0.2, 0.25) is 0 Å². The molecular weight excluding hydrogens is 360 g/mol. The minimum Gasteiger partial charge on any atom is -0.475 e. The summed E-state index contributed by atoms with van der Waals surface area (Å²) < 4.78 is 16.0. The monoisotopic (exact) mass is 394 g/mol. The summed E-state index contributed by atoms with van der Waals surface area (Å²) in [5.41, 5.74) is 0. The van der Waals surface area contributed by atoms with E-state index in [-0.39, 0.29) is 11.9 Å². The van der Waals surface area contributed by atoms with Gasteiger partial charge in [-0.05, 0) is 68.1 Å². The predicted octanol–water partition coefficient (Wildman–Crippen LogP) is 2.84. The first-order chi connectivity index (χ1) is 13.5. The Morgan fingerprint density at radius 2 is 2.04 bits per heavy atom. The molecule has 0 bridgehead atoms. The van der Waals surface area contributed by atoms with Gasteiger partial charge in [0.25, 0.3) is 5.88 Å². The number of methoxy groups -OCH3 is 1. The standard InChI is InChI=1S/C21H34N2O5/c1-14(2)20(21(25)26-3)18-12-19(22-28-18)27-9-6-15-4-7-23(8-5-15)17-10-16(11-17)13-24/h12,14-17,20,24H,4-11,13H2,1-3H3. The second kappa shape index (κ2) is 9.74. The van der Waals surface area contributed by atoms with Crippen molar-refractivity contribution in [3.8, 4) is 5.88 Å². The van der Waals surface area contributed by atoms with Gasteiger partial charge in [0.05, 0.1) is 13.7 Å². The van der Waals surface area contributed by atoms with Crippen LogP contribution in [0.3, 0.4) is 0 Å². The number of piperidine rings is 1. The second-order valence-corrected chi connectivity index (χ2v) is 8.60. The predicted molar refractivity (Wildman–Crippen MR) is 104 cm³/mol. The Kier molecular flexibility index (Phi) is 7.35. The Balaban J connectivity index is 1.38. The van der Waals surface area contributed by atoms with E-state index < -0.39 is 5.92 Å². The molecule has 1 saturated heterocycles. The zero-order valence-electron chi connectivity index (χ0n) is 17.3. The van der Waals surface area contributed by atoms with Crippen molar-refractivity contribution in [3.63, 3.8) is 0 Å². The van der Waals surface area contributed by atoms with Crippen LogP contribution in [0.4, 0.5) is 0 Å². The summed E-state index contributed by atoms with van der Waals surface area (Å²) in [4.78, 5) is 14.5. The SMILES string of the molecule is COC(=O)C(c1cc(OCCC2CCN(C3CC(CO)C3)CC2)no1)C(C)C. The van der Waals surface area contributed by atoms with Crippen LogP contribution in [-0.4, -0.2) is 60.6 Å². The molecular formula is C21H34N2O5. The van der Waals surface area contributed by atoms with E-state index in [2.05, 4.69) is 10.1 Å². The normalized spacial score (nSPS) is 24.8. The minimum atomic E-state index is -0.462. The van der Waals surface area contributed by atoms with Crippen molar-refractivity contribution in [1.82, 2.24) is 10.1 Å². The van der Waals surface area contributed by atoms with E-state index in [1.54, 1.807) is 6.07 Å². The van der Waals surface area contributed by atoms with E-state index in [1.165, 1.54) is 20.0 Å². The van der Waals surface area contributed by atoms with Gasteiger partial charge in [-0.2, -0.15) is 0 Å². The fourth-order valence-electron chi connectivity index (χ4n) is 4.42. The van der Waals surface area contributed by atoms with Crippen molar-refractivity contribution >= 4 is 5.97 Å². The number of carbonyl (C=O) groups is 1. The number of hydrogen-bond acceptors (Lipinski definition) is 7. The molecule has 1 atom stereocenters. The third-order valence-corrected chi connectivity index (χ3v) is 6.35. The zero-order chi connectivity index (χ0) is 20.1. The van der Waals surface area contributed by atoms with Crippen LogP contribution in [0.1, 0.15) is 57.6 Å². The van der Waals surface area contributed by atoms with E-state index in [9.17, 15) is 4.79 Å². The van der Waals surface area contributed by atoms with Crippen molar-refractivity contribution in [3.05, 3.63) is 11.8 Å². The lowest BCUT2D eigenvalue weighted by Crippen LogP contribution is -2.49. The average Bonchev–Trinajstić information content (AvgIpc) is 3.10. The van der Waals surface area contributed by atoms with Gasteiger partial charge < -0.3 is 24.0 Å². The molecule has 2 heterocycles. The maximum absolute atomic E-state index is 12.0. The van der Waals surface area contributed by atoms with Gasteiger partial charge in [-0.1, -0.05) is 13.8 Å². The van der Waals surface area contributed by atoms with Gasteiger partial charge >= 0.3 is 5.97 Å². The maximum atomic E-state index is 12.0. The molecule has 0 amide bonds. The molecule has 3 rings (SSSR count). The lowest BCUT2D eigenvalue weighted by molar-refractivity contribution is -0.144. The Morgan fingerprint density at radius 3 is 2.64 bits per heavy atom. The van der Waals surface area contributed by atoms with E-state index in [0.29, 0.717) is 42.7 Å². The van der Waals surface area contributed by atoms with Crippen molar-refractivity contribution in [2.24, 2.45) is 17.8 Å². The molecule has 1 N–H and O–H groups in total. The van der Waals surface area contributed by atoms with Crippen LogP contribution in [0, 0.1) is 17.8 Å². The summed E-state index contributed by atoms with van der Waals surface area (Å²) in [7, 11) is 1.38. The highest BCUT2D eigenvalue weighted by molar-refractivity contribution is 5.77. The smallest absolute Gasteiger partial charge is 0.316 e. The van der Waals surface area contributed by atoms with Crippen LogP contribution in [0.15, 0.2) is 10.6 Å². The summed E-state index contributed by atoms with van der Waals surface area (Å²) in [6.45, 7) is 7.14. The third-order valence-electron chi connectivity index (χ3n) is 6.35. The number of nitrogens with zero attached hydrogens (tertiary/aromatic N) is 2. The Hall–Kier alpha value is -1.60. The number of aliphatic hydroxyl groups is 1. The first-order valence-corrected chi connectivity index (χ1v) is 10.5. The van der Waals surface area contributed by atoms with Crippen LogP contribution in [-0.2, 0) is 9.53 Å². The molecule has 1 aromatic rings. The molecule has 7 heteroatoms. The maximum Gasteiger partial charge on any atom is 0.316 e. The van der Waals surface area contributed by atoms with Gasteiger partial charge in [-0.25, -0.2) is 0 Å². The number of likely N-dealkylation sites (tertiary alicyclic amines) is 1. The first kappa shape index (κ1) is 21.1. The molecule has 7 nitrogen and oxygen atoms in total. The van der Waals surface area contributed by atoms with Crippen LogP contribution < -0.4 is 4.74 Å². The molecule has 1 unspecified atom stereocenters. The number of aromatic nitrogens is 1. The first-order valence-electron chi connectivity index (χ1n) is 10.5. The Morgan fingerprint density at radius 1 is 1.32 bits per heavy atom. The molecule has 1 aromatic heterocycles. The highest BCUT2D eigenvalue weighted by Gasteiger charge is 2.34. The summed E-state index contributed by atoms with van der Waals surface area (Å²) >= 11 is 0. The van der Waals surface area contributed by atoms with Crippen molar-refractivity contribution in [2.75, 3.05) is 33.4 Å². The lowest BCUT2D eigenvalue weighted by Gasteiger charge is -2.45. The summed E-state index contributed by atoms with van der Waals surface area (Å²) in [6, 6.07) is 2.39. The second-order valence-electron chi connectivity index (χ2n) is 8.60. The molecule has 28 heavy (non-hydrogen) atoms. The van der Waals surface area contributed by atoms with E-state index in [0.717, 1.165) is 32.4 Å². The summed E-state index contributed by atoms with van der Waals surface area (Å²) in [5.74, 6) is 1.41. The number of esters is 1. The molecule has 158 valence electrons. The van der Waals surface area contributed by atoms with Gasteiger partial charge in [-0.15, -0.1) is 0 Å². The fourth-order valence-corrected chi connectivity index (χ4v) is 4.42. The third kappa shape index (κ3) is 5.06. The van der Waals surface area contributed by atoms with Crippen molar-refractivity contribution < 1.29 is 23.9 Å². The number of ether oxygens (including phenoxy) is 2. The molecule has 2 fully saturated rings. The van der Waals surface area contributed by atoms with E-state index in [4.69, 9.17) is 19.1 Å². The lowest BCUT2D eigenvalue weighted by atomic mass is 9.78. The highest BCUT2D eigenvalue weighted by atomic mass is 16.5. The van der Waals surface area contributed by atoms with Gasteiger partial charge in [0.15, 0.2) is 5.76 Å². The molecule has 1 saturated carbocycles. The van der Waals surface area contributed by atoms with Crippen LogP contribution in [0.2, 0.25) is 0 Å².